The second kappa shape index (κ2) is 9.65. The molecule has 25 heavy (non-hydrogen) atoms. The predicted octanol–water partition coefficient (Wildman–Crippen LogP) is 3.30. The molecule has 2 aromatic rings. The summed E-state index contributed by atoms with van der Waals surface area (Å²) in [5.41, 5.74) is 1.96. The minimum absolute atomic E-state index is 0.00462. The van der Waals surface area contributed by atoms with Crippen molar-refractivity contribution < 1.29 is 14.3 Å². The molecule has 0 saturated heterocycles. The van der Waals surface area contributed by atoms with E-state index in [1.165, 1.54) is 0 Å². The molecule has 1 aromatic heterocycles. The smallest absolute Gasteiger partial charge is 0.222 e. The van der Waals surface area contributed by atoms with Crippen molar-refractivity contribution in [2.45, 2.75) is 40.3 Å². The summed E-state index contributed by atoms with van der Waals surface area (Å²) < 4.78 is 14.1. The molecular weight excluding hydrogens is 433 g/mol. The lowest BCUT2D eigenvalue weighted by Crippen LogP contribution is -2.24. The second-order valence-corrected chi connectivity index (χ2v) is 6.66. The van der Waals surface area contributed by atoms with E-state index in [-0.39, 0.29) is 5.91 Å². The first kappa shape index (κ1) is 19.6. The summed E-state index contributed by atoms with van der Waals surface area (Å²) in [6.07, 6.45) is 2.34. The number of halogens is 1. The number of hydrogen-bond donors (Lipinski definition) is 1. The van der Waals surface area contributed by atoms with Crippen molar-refractivity contribution in [3.05, 3.63) is 39.2 Å². The van der Waals surface area contributed by atoms with Gasteiger partial charge in [-0.25, -0.2) is 0 Å². The molecule has 7 heteroatoms. The van der Waals surface area contributed by atoms with Crippen LogP contribution < -0.4 is 14.8 Å². The number of benzene rings is 1. The van der Waals surface area contributed by atoms with E-state index in [9.17, 15) is 4.79 Å². The van der Waals surface area contributed by atoms with Gasteiger partial charge in [0.1, 0.15) is 0 Å². The van der Waals surface area contributed by atoms with Crippen molar-refractivity contribution >= 4 is 28.5 Å². The molecule has 1 amide bonds. The fourth-order valence-corrected chi connectivity index (χ4v) is 2.75. The Morgan fingerprint density at radius 3 is 2.60 bits per heavy atom. The molecule has 0 spiro atoms. The maximum atomic E-state index is 12.1. The Labute approximate surface area is 162 Å². The quantitative estimate of drug-likeness (QED) is 0.587. The summed E-state index contributed by atoms with van der Waals surface area (Å²) in [4.78, 5) is 12.1. The minimum atomic E-state index is -0.00462. The summed E-state index contributed by atoms with van der Waals surface area (Å²) in [7, 11) is 0. The van der Waals surface area contributed by atoms with Gasteiger partial charge in [-0.05, 0) is 61.1 Å². The van der Waals surface area contributed by atoms with E-state index in [1.54, 1.807) is 4.68 Å². The van der Waals surface area contributed by atoms with Crippen molar-refractivity contribution in [3.8, 4) is 11.5 Å². The van der Waals surface area contributed by atoms with E-state index < -0.39 is 0 Å². The maximum absolute atomic E-state index is 12.1. The molecule has 0 aliphatic rings. The minimum Gasteiger partial charge on any atom is -0.490 e. The molecule has 0 radical (unpaired) electrons. The van der Waals surface area contributed by atoms with E-state index in [0.29, 0.717) is 38.5 Å². The lowest BCUT2D eigenvalue weighted by molar-refractivity contribution is -0.121. The first-order chi connectivity index (χ1) is 12.0. The fourth-order valence-electron chi connectivity index (χ4n) is 2.32. The zero-order valence-electron chi connectivity index (χ0n) is 14.8. The van der Waals surface area contributed by atoms with Crippen LogP contribution in [-0.2, 0) is 17.9 Å². The number of hydrogen-bond acceptors (Lipinski definition) is 4. The van der Waals surface area contributed by atoms with E-state index in [2.05, 4.69) is 33.0 Å². The Morgan fingerprint density at radius 2 is 1.96 bits per heavy atom. The molecule has 1 aromatic carbocycles. The summed E-state index contributed by atoms with van der Waals surface area (Å²) in [6, 6.07) is 5.73. The van der Waals surface area contributed by atoms with Gasteiger partial charge in [0.25, 0.3) is 0 Å². The van der Waals surface area contributed by atoms with Crippen molar-refractivity contribution in [1.82, 2.24) is 15.1 Å². The summed E-state index contributed by atoms with van der Waals surface area (Å²) in [5, 5.41) is 7.29. The molecule has 1 heterocycles. The Balaban J connectivity index is 1.87. The van der Waals surface area contributed by atoms with E-state index in [4.69, 9.17) is 9.47 Å². The monoisotopic (exact) mass is 457 g/mol. The first-order valence-electron chi connectivity index (χ1n) is 8.38. The molecule has 0 aliphatic heterocycles. The molecule has 6 nitrogen and oxygen atoms in total. The lowest BCUT2D eigenvalue weighted by atomic mass is 10.2. The highest BCUT2D eigenvalue weighted by molar-refractivity contribution is 14.1. The molecule has 0 atom stereocenters. The standard InChI is InChI=1S/C18H24IN3O3/c1-4-24-16-7-6-14(10-17(16)25-5-2)11-20-18(23)8-9-22-12-15(19)13(3)21-22/h6-7,10,12H,4-5,8-9,11H2,1-3H3,(H,20,23). The zero-order chi connectivity index (χ0) is 18.2. The molecule has 0 fully saturated rings. The van der Waals surface area contributed by atoms with Crippen LogP contribution >= 0.6 is 22.6 Å². The number of amides is 1. The molecule has 136 valence electrons. The van der Waals surface area contributed by atoms with Gasteiger partial charge >= 0.3 is 0 Å². The van der Waals surface area contributed by atoms with E-state index in [1.807, 2.05) is 45.2 Å². The highest BCUT2D eigenvalue weighted by Gasteiger charge is 2.08. The number of carbonyl (C=O) groups excluding carboxylic acids is 1. The van der Waals surface area contributed by atoms with Gasteiger partial charge in [0, 0.05) is 25.7 Å². The van der Waals surface area contributed by atoms with Crippen LogP contribution in [0.3, 0.4) is 0 Å². The van der Waals surface area contributed by atoms with Crippen molar-refractivity contribution in [2.24, 2.45) is 0 Å². The van der Waals surface area contributed by atoms with Crippen molar-refractivity contribution in [1.29, 1.82) is 0 Å². The topological polar surface area (TPSA) is 65.4 Å². The predicted molar refractivity (Wildman–Crippen MR) is 105 cm³/mol. The molecule has 1 N–H and O–H groups in total. The third kappa shape index (κ3) is 5.91. The molecule has 0 unspecified atom stereocenters. The van der Waals surface area contributed by atoms with Crippen LogP contribution in [0.4, 0.5) is 0 Å². The van der Waals surface area contributed by atoms with E-state index in [0.717, 1.165) is 20.6 Å². The van der Waals surface area contributed by atoms with Gasteiger partial charge in [-0.2, -0.15) is 5.10 Å². The van der Waals surface area contributed by atoms with Gasteiger partial charge in [0.2, 0.25) is 5.91 Å². The molecule has 2 rings (SSSR count). The van der Waals surface area contributed by atoms with Gasteiger partial charge in [-0.15, -0.1) is 0 Å². The van der Waals surface area contributed by atoms with E-state index >= 15 is 0 Å². The van der Waals surface area contributed by atoms with Crippen molar-refractivity contribution in [3.63, 3.8) is 0 Å². The summed E-state index contributed by atoms with van der Waals surface area (Å²) >= 11 is 2.24. The average molecular weight is 457 g/mol. The number of rotatable bonds is 9. The SMILES string of the molecule is CCOc1ccc(CNC(=O)CCn2cc(I)c(C)n2)cc1OCC. The first-order valence-corrected chi connectivity index (χ1v) is 9.46. The maximum Gasteiger partial charge on any atom is 0.222 e. The van der Waals surface area contributed by atoms with Crippen LogP contribution in [0, 0.1) is 10.5 Å². The van der Waals surface area contributed by atoms with Crippen molar-refractivity contribution in [2.75, 3.05) is 13.2 Å². The number of nitrogens with zero attached hydrogens (tertiary/aromatic N) is 2. The number of aromatic nitrogens is 2. The number of nitrogens with one attached hydrogen (secondary N) is 1. The van der Waals surface area contributed by atoms with Gasteiger partial charge < -0.3 is 14.8 Å². The Morgan fingerprint density at radius 1 is 1.24 bits per heavy atom. The highest BCUT2D eigenvalue weighted by atomic mass is 127. The summed E-state index contributed by atoms with van der Waals surface area (Å²) in [5.74, 6) is 1.43. The summed E-state index contributed by atoms with van der Waals surface area (Å²) in [6.45, 7) is 8.01. The Kier molecular flexibility index (Phi) is 7.54. The van der Waals surface area contributed by atoms with Crippen LogP contribution in [0.5, 0.6) is 11.5 Å². The van der Waals surface area contributed by atoms with Gasteiger partial charge in [0.15, 0.2) is 11.5 Å². The zero-order valence-corrected chi connectivity index (χ0v) is 17.0. The third-order valence-corrected chi connectivity index (χ3v) is 4.61. The molecule has 0 bridgehead atoms. The van der Waals surface area contributed by atoms with Gasteiger partial charge in [0.05, 0.1) is 22.5 Å². The van der Waals surface area contributed by atoms with Crippen LogP contribution in [-0.4, -0.2) is 28.9 Å². The van der Waals surface area contributed by atoms with Gasteiger partial charge in [-0.3, -0.25) is 9.48 Å². The highest BCUT2D eigenvalue weighted by Crippen LogP contribution is 2.28. The fraction of sp³-hybridized carbons (Fsp3) is 0.444. The molecule has 0 aliphatic carbocycles. The number of carbonyl (C=O) groups is 1. The Bertz CT molecular complexity index is 696. The van der Waals surface area contributed by atoms with Crippen LogP contribution in [0.25, 0.3) is 0 Å². The lowest BCUT2D eigenvalue weighted by Gasteiger charge is -2.13. The van der Waals surface area contributed by atoms with Crippen LogP contribution in [0.1, 0.15) is 31.5 Å². The number of aryl methyl sites for hydroxylation is 2. The normalized spacial score (nSPS) is 10.6. The average Bonchev–Trinajstić information content (AvgIpc) is 2.91. The van der Waals surface area contributed by atoms with Crippen LogP contribution in [0.2, 0.25) is 0 Å². The third-order valence-electron chi connectivity index (χ3n) is 3.55. The Hall–Kier alpha value is -1.77. The van der Waals surface area contributed by atoms with Gasteiger partial charge in [-0.1, -0.05) is 6.07 Å². The largest absolute Gasteiger partial charge is 0.490 e. The molecule has 0 saturated carbocycles. The molecular formula is C18H24IN3O3. The second-order valence-electron chi connectivity index (χ2n) is 5.50. The van der Waals surface area contributed by atoms with Crippen LogP contribution in [0.15, 0.2) is 24.4 Å². The number of ether oxygens (including phenoxy) is 2.